The zero-order valence-electron chi connectivity index (χ0n) is 13.8. The van der Waals surface area contributed by atoms with Crippen LogP contribution in [0.1, 0.15) is 18.1 Å². The minimum atomic E-state index is -0.00109. The number of hydrogen-bond donors (Lipinski definition) is 2. The first kappa shape index (κ1) is 17.0. The van der Waals surface area contributed by atoms with Gasteiger partial charge in [0.1, 0.15) is 0 Å². The summed E-state index contributed by atoms with van der Waals surface area (Å²) in [4.78, 5) is 4.24. The predicted octanol–water partition coefficient (Wildman–Crippen LogP) is 1.83. The SMILES string of the molecule is CN=C(NCCCn1cccn1)NCC(OC)c1ccccc1. The first-order valence-corrected chi connectivity index (χ1v) is 7.83. The number of rotatable bonds is 8. The maximum absolute atomic E-state index is 5.55. The number of methoxy groups -OCH3 is 1. The van der Waals surface area contributed by atoms with Crippen molar-refractivity contribution in [2.75, 3.05) is 27.2 Å². The van der Waals surface area contributed by atoms with E-state index >= 15 is 0 Å². The molecule has 1 unspecified atom stereocenters. The van der Waals surface area contributed by atoms with Gasteiger partial charge in [0.05, 0.1) is 6.10 Å². The Morgan fingerprint density at radius 2 is 2.09 bits per heavy atom. The molecule has 0 saturated carbocycles. The molecule has 0 bridgehead atoms. The van der Waals surface area contributed by atoms with Crippen LogP contribution in [0.5, 0.6) is 0 Å². The van der Waals surface area contributed by atoms with Gasteiger partial charge in [-0.3, -0.25) is 9.67 Å². The second kappa shape index (κ2) is 9.63. The van der Waals surface area contributed by atoms with Gasteiger partial charge in [-0.1, -0.05) is 30.3 Å². The van der Waals surface area contributed by atoms with Gasteiger partial charge in [0.15, 0.2) is 5.96 Å². The van der Waals surface area contributed by atoms with Gasteiger partial charge < -0.3 is 15.4 Å². The molecule has 2 rings (SSSR count). The molecule has 0 radical (unpaired) electrons. The Labute approximate surface area is 137 Å². The molecule has 0 spiro atoms. The fourth-order valence-corrected chi connectivity index (χ4v) is 2.30. The van der Waals surface area contributed by atoms with Crippen LogP contribution in [0.3, 0.4) is 0 Å². The van der Waals surface area contributed by atoms with Gasteiger partial charge >= 0.3 is 0 Å². The maximum atomic E-state index is 5.55. The van der Waals surface area contributed by atoms with E-state index in [4.69, 9.17) is 4.74 Å². The standard InChI is InChI=1S/C17H25N5O/c1-18-17(19-10-6-12-22-13-7-11-21-22)20-14-16(23-2)15-8-4-3-5-9-15/h3-5,7-9,11,13,16H,6,10,12,14H2,1-2H3,(H2,18,19,20). The largest absolute Gasteiger partial charge is 0.375 e. The van der Waals surface area contributed by atoms with E-state index in [1.54, 1.807) is 20.4 Å². The minimum Gasteiger partial charge on any atom is -0.375 e. The summed E-state index contributed by atoms with van der Waals surface area (Å²) in [5.41, 5.74) is 1.15. The lowest BCUT2D eigenvalue weighted by molar-refractivity contribution is 0.106. The van der Waals surface area contributed by atoms with Crippen LogP contribution in [0, 0.1) is 0 Å². The topological polar surface area (TPSA) is 63.5 Å². The van der Waals surface area contributed by atoms with E-state index in [9.17, 15) is 0 Å². The maximum Gasteiger partial charge on any atom is 0.191 e. The lowest BCUT2D eigenvalue weighted by Crippen LogP contribution is -2.40. The summed E-state index contributed by atoms with van der Waals surface area (Å²) in [6.07, 6.45) is 4.74. The highest BCUT2D eigenvalue weighted by molar-refractivity contribution is 5.79. The third kappa shape index (κ3) is 5.75. The summed E-state index contributed by atoms with van der Waals surface area (Å²) < 4.78 is 7.47. The highest BCUT2D eigenvalue weighted by Crippen LogP contribution is 2.14. The number of hydrogen-bond acceptors (Lipinski definition) is 3. The van der Waals surface area contributed by atoms with E-state index < -0.39 is 0 Å². The smallest absolute Gasteiger partial charge is 0.191 e. The molecule has 1 heterocycles. The van der Waals surface area contributed by atoms with E-state index in [0.717, 1.165) is 31.0 Å². The average molecular weight is 315 g/mol. The van der Waals surface area contributed by atoms with Crippen molar-refractivity contribution in [2.45, 2.75) is 19.1 Å². The van der Waals surface area contributed by atoms with Crippen molar-refractivity contribution >= 4 is 5.96 Å². The second-order valence-corrected chi connectivity index (χ2v) is 5.14. The van der Waals surface area contributed by atoms with E-state index in [-0.39, 0.29) is 6.10 Å². The summed E-state index contributed by atoms with van der Waals surface area (Å²) in [7, 11) is 3.49. The lowest BCUT2D eigenvalue weighted by atomic mass is 10.1. The molecule has 0 aliphatic heterocycles. The molecular weight excluding hydrogens is 290 g/mol. The first-order chi connectivity index (χ1) is 11.3. The van der Waals surface area contributed by atoms with Gasteiger partial charge in [0, 0.05) is 46.2 Å². The average Bonchev–Trinajstić information content (AvgIpc) is 3.11. The zero-order chi connectivity index (χ0) is 16.3. The highest BCUT2D eigenvalue weighted by atomic mass is 16.5. The summed E-state index contributed by atoms with van der Waals surface area (Å²) in [5.74, 6) is 0.781. The number of ether oxygens (including phenoxy) is 1. The quantitative estimate of drug-likeness (QED) is 0.443. The Bertz CT molecular complexity index is 568. The van der Waals surface area contributed by atoms with Gasteiger partial charge in [-0.25, -0.2) is 0 Å². The predicted molar refractivity (Wildman–Crippen MR) is 92.4 cm³/mol. The molecule has 6 heteroatoms. The van der Waals surface area contributed by atoms with Crippen molar-refractivity contribution in [1.82, 2.24) is 20.4 Å². The normalized spacial score (nSPS) is 12.9. The number of benzene rings is 1. The third-order valence-electron chi connectivity index (χ3n) is 3.55. The monoisotopic (exact) mass is 315 g/mol. The third-order valence-corrected chi connectivity index (χ3v) is 3.55. The molecule has 0 fully saturated rings. The van der Waals surface area contributed by atoms with Crippen LogP contribution in [0.2, 0.25) is 0 Å². The van der Waals surface area contributed by atoms with E-state index in [1.807, 2.05) is 35.1 Å². The molecule has 6 nitrogen and oxygen atoms in total. The number of guanidine groups is 1. The molecule has 1 aromatic heterocycles. The summed E-state index contributed by atoms with van der Waals surface area (Å²) in [6.45, 7) is 2.39. The van der Waals surface area contributed by atoms with Crippen LogP contribution in [0.4, 0.5) is 0 Å². The van der Waals surface area contributed by atoms with E-state index in [2.05, 4.69) is 32.9 Å². The number of nitrogens with one attached hydrogen (secondary N) is 2. The van der Waals surface area contributed by atoms with Crippen molar-refractivity contribution in [1.29, 1.82) is 0 Å². The van der Waals surface area contributed by atoms with Crippen molar-refractivity contribution < 1.29 is 4.74 Å². The highest BCUT2D eigenvalue weighted by Gasteiger charge is 2.10. The Kier molecular flexibility index (Phi) is 7.13. The molecule has 1 aromatic carbocycles. The second-order valence-electron chi connectivity index (χ2n) is 5.14. The Balaban J connectivity index is 1.71. The zero-order valence-corrected chi connectivity index (χ0v) is 13.8. The van der Waals surface area contributed by atoms with Crippen molar-refractivity contribution in [3.63, 3.8) is 0 Å². The van der Waals surface area contributed by atoms with Crippen molar-refractivity contribution in [2.24, 2.45) is 4.99 Å². The summed E-state index contributed by atoms with van der Waals surface area (Å²) in [6, 6.07) is 12.1. The minimum absolute atomic E-state index is 0.00109. The molecule has 0 aliphatic rings. The van der Waals surface area contributed by atoms with Crippen LogP contribution >= 0.6 is 0 Å². The van der Waals surface area contributed by atoms with Crippen LogP contribution in [-0.2, 0) is 11.3 Å². The van der Waals surface area contributed by atoms with E-state index in [0.29, 0.717) is 6.54 Å². The number of nitrogens with zero attached hydrogens (tertiary/aromatic N) is 3. The summed E-state index contributed by atoms with van der Waals surface area (Å²) in [5, 5.41) is 10.8. The van der Waals surface area contributed by atoms with Crippen LogP contribution < -0.4 is 10.6 Å². The Hall–Kier alpha value is -2.34. The lowest BCUT2D eigenvalue weighted by Gasteiger charge is -2.18. The Morgan fingerprint density at radius 1 is 1.26 bits per heavy atom. The van der Waals surface area contributed by atoms with Gasteiger partial charge in [0.25, 0.3) is 0 Å². The molecule has 2 N–H and O–H groups in total. The fourth-order valence-electron chi connectivity index (χ4n) is 2.30. The molecule has 0 amide bonds. The first-order valence-electron chi connectivity index (χ1n) is 7.83. The van der Waals surface area contributed by atoms with Crippen molar-refractivity contribution in [3.05, 3.63) is 54.4 Å². The Morgan fingerprint density at radius 3 is 2.74 bits per heavy atom. The van der Waals surface area contributed by atoms with Crippen molar-refractivity contribution in [3.8, 4) is 0 Å². The fraction of sp³-hybridized carbons (Fsp3) is 0.412. The molecular formula is C17H25N5O. The van der Waals surface area contributed by atoms with Gasteiger partial charge in [-0.05, 0) is 18.1 Å². The molecule has 1 atom stereocenters. The van der Waals surface area contributed by atoms with Gasteiger partial charge in [-0.2, -0.15) is 5.10 Å². The van der Waals surface area contributed by atoms with Gasteiger partial charge in [0.2, 0.25) is 0 Å². The molecule has 0 saturated heterocycles. The summed E-state index contributed by atoms with van der Waals surface area (Å²) >= 11 is 0. The van der Waals surface area contributed by atoms with Crippen LogP contribution in [-0.4, -0.2) is 43.0 Å². The number of aliphatic imine (C=N–C) groups is 1. The van der Waals surface area contributed by atoms with Crippen LogP contribution in [0.15, 0.2) is 53.8 Å². The van der Waals surface area contributed by atoms with E-state index in [1.165, 1.54) is 0 Å². The number of aromatic nitrogens is 2. The van der Waals surface area contributed by atoms with Gasteiger partial charge in [-0.15, -0.1) is 0 Å². The number of aryl methyl sites for hydroxylation is 1. The molecule has 0 aliphatic carbocycles. The van der Waals surface area contributed by atoms with Crippen LogP contribution in [0.25, 0.3) is 0 Å². The molecule has 23 heavy (non-hydrogen) atoms. The molecule has 2 aromatic rings. The molecule has 124 valence electrons.